The number of carbonyl (C=O) groups excluding carboxylic acids is 2. The molecule has 0 heterocycles. The summed E-state index contributed by atoms with van der Waals surface area (Å²) in [6, 6.07) is 11.8. The molecule has 0 spiro atoms. The van der Waals surface area contributed by atoms with E-state index in [0.29, 0.717) is 5.69 Å². The molecule has 0 unspecified atom stereocenters. The van der Waals surface area contributed by atoms with Gasteiger partial charge in [0, 0.05) is 11.9 Å². The van der Waals surface area contributed by atoms with Crippen LogP contribution in [-0.2, 0) is 9.53 Å². The number of nitriles is 1. The Kier molecular flexibility index (Phi) is 6.31. The van der Waals surface area contributed by atoms with Crippen LogP contribution in [0, 0.1) is 17.1 Å². The lowest BCUT2D eigenvalue weighted by Crippen LogP contribution is -2.17. The van der Waals surface area contributed by atoms with Crippen LogP contribution in [-0.4, -0.2) is 19.0 Å². The quantitative estimate of drug-likeness (QED) is 0.473. The smallest absolute Gasteiger partial charge is 0.339 e. The molecule has 2 N–H and O–H groups in total. The van der Waals surface area contributed by atoms with E-state index in [1.807, 2.05) is 0 Å². The zero-order chi connectivity index (χ0) is 19.1. The maximum Gasteiger partial charge on any atom is 0.339 e. The second kappa shape index (κ2) is 8.65. The Labute approximate surface area is 153 Å². The highest BCUT2D eigenvalue weighted by Gasteiger charge is 2.15. The van der Waals surface area contributed by atoms with Crippen molar-refractivity contribution in [2.75, 3.05) is 17.7 Å². The summed E-state index contributed by atoms with van der Waals surface area (Å²) in [7, 11) is 1.22. The molecular weight excluding hydrogens is 361 g/mol. The highest BCUT2D eigenvalue weighted by molar-refractivity contribution is 6.31. The minimum atomic E-state index is -0.732. The van der Waals surface area contributed by atoms with E-state index >= 15 is 0 Å². The first-order valence-corrected chi connectivity index (χ1v) is 7.64. The van der Waals surface area contributed by atoms with Crippen molar-refractivity contribution in [1.29, 1.82) is 5.26 Å². The molecule has 6 nitrogen and oxygen atoms in total. The number of halogens is 2. The fraction of sp³-hybridized carbons (Fsp3) is 0.0556. The third-order valence-corrected chi connectivity index (χ3v) is 3.54. The molecule has 2 aromatic carbocycles. The molecule has 0 aromatic heterocycles. The number of amides is 1. The lowest BCUT2D eigenvalue weighted by Gasteiger charge is -2.09. The van der Waals surface area contributed by atoms with Crippen molar-refractivity contribution in [3.05, 3.63) is 70.6 Å². The summed E-state index contributed by atoms with van der Waals surface area (Å²) in [6.07, 6.45) is 1.15. The Bertz CT molecular complexity index is 922. The summed E-state index contributed by atoms with van der Waals surface area (Å²) >= 11 is 5.67. The maximum atomic E-state index is 13.1. The molecule has 2 rings (SSSR count). The molecule has 8 heteroatoms. The molecule has 0 aliphatic rings. The van der Waals surface area contributed by atoms with Crippen LogP contribution in [0.5, 0.6) is 0 Å². The predicted molar refractivity (Wildman–Crippen MR) is 95.1 cm³/mol. The second-order valence-corrected chi connectivity index (χ2v) is 5.34. The second-order valence-electron chi connectivity index (χ2n) is 4.93. The minimum Gasteiger partial charge on any atom is -0.465 e. The van der Waals surface area contributed by atoms with E-state index in [-0.39, 0.29) is 21.8 Å². The average Bonchev–Trinajstić information content (AvgIpc) is 2.65. The normalized spacial score (nSPS) is 10.6. The zero-order valence-corrected chi connectivity index (χ0v) is 14.3. The molecule has 0 bridgehead atoms. The third kappa shape index (κ3) is 4.59. The number of hydrogen-bond donors (Lipinski definition) is 2. The average molecular weight is 374 g/mol. The molecule has 0 radical (unpaired) electrons. The van der Waals surface area contributed by atoms with Crippen LogP contribution in [0.15, 0.2) is 54.2 Å². The van der Waals surface area contributed by atoms with Crippen LogP contribution in [0.1, 0.15) is 10.4 Å². The van der Waals surface area contributed by atoms with Crippen LogP contribution in [0.25, 0.3) is 0 Å². The number of hydrogen-bond acceptors (Lipinski definition) is 5. The molecule has 0 aliphatic carbocycles. The fourth-order valence-corrected chi connectivity index (χ4v) is 2.14. The lowest BCUT2D eigenvalue weighted by atomic mass is 10.1. The Morgan fingerprint density at radius 2 is 2.00 bits per heavy atom. The molecular formula is C18H13ClFN3O3. The first-order valence-electron chi connectivity index (χ1n) is 7.26. The van der Waals surface area contributed by atoms with E-state index < -0.39 is 17.7 Å². The fourth-order valence-electron chi connectivity index (χ4n) is 1.96. The van der Waals surface area contributed by atoms with Crippen molar-refractivity contribution in [2.24, 2.45) is 0 Å². The number of methoxy groups -OCH3 is 1. The molecule has 1 amide bonds. The number of nitrogens with one attached hydrogen (secondary N) is 2. The Morgan fingerprint density at radius 1 is 1.27 bits per heavy atom. The number of anilines is 2. The van der Waals surface area contributed by atoms with Crippen molar-refractivity contribution >= 4 is 34.9 Å². The number of benzene rings is 2. The van der Waals surface area contributed by atoms with E-state index in [2.05, 4.69) is 15.4 Å². The number of ether oxygens (including phenoxy) is 1. The van der Waals surface area contributed by atoms with E-state index in [9.17, 15) is 19.2 Å². The Morgan fingerprint density at radius 3 is 2.65 bits per heavy atom. The van der Waals surface area contributed by atoms with Crippen LogP contribution >= 0.6 is 11.6 Å². The highest BCUT2D eigenvalue weighted by atomic mass is 35.5. The van der Waals surface area contributed by atoms with Gasteiger partial charge in [-0.15, -0.1) is 0 Å². The maximum absolute atomic E-state index is 13.1. The topological polar surface area (TPSA) is 91.2 Å². The molecule has 0 aliphatic heterocycles. The summed E-state index contributed by atoms with van der Waals surface area (Å²) in [5, 5.41) is 14.2. The highest BCUT2D eigenvalue weighted by Crippen LogP contribution is 2.20. The van der Waals surface area contributed by atoms with E-state index in [1.165, 1.54) is 31.4 Å². The van der Waals surface area contributed by atoms with Gasteiger partial charge in [-0.25, -0.2) is 9.18 Å². The van der Waals surface area contributed by atoms with Crippen molar-refractivity contribution < 1.29 is 18.7 Å². The summed E-state index contributed by atoms with van der Waals surface area (Å²) in [5.41, 5.74) is 0.492. The summed E-state index contributed by atoms with van der Waals surface area (Å²) in [4.78, 5) is 24.0. The largest absolute Gasteiger partial charge is 0.465 e. The van der Waals surface area contributed by atoms with Gasteiger partial charge in [0.15, 0.2) is 0 Å². The van der Waals surface area contributed by atoms with E-state index in [0.717, 1.165) is 12.3 Å². The van der Waals surface area contributed by atoms with Gasteiger partial charge in [0.25, 0.3) is 5.91 Å². The molecule has 132 valence electrons. The van der Waals surface area contributed by atoms with Gasteiger partial charge < -0.3 is 15.4 Å². The first kappa shape index (κ1) is 19.0. The van der Waals surface area contributed by atoms with Crippen LogP contribution < -0.4 is 10.6 Å². The van der Waals surface area contributed by atoms with Gasteiger partial charge in [-0.1, -0.05) is 23.7 Å². The molecule has 0 saturated heterocycles. The van der Waals surface area contributed by atoms with Gasteiger partial charge in [-0.3, -0.25) is 4.79 Å². The van der Waals surface area contributed by atoms with Gasteiger partial charge in [-0.2, -0.15) is 5.26 Å². The van der Waals surface area contributed by atoms with Crippen LogP contribution in [0.4, 0.5) is 15.8 Å². The molecule has 0 atom stereocenters. The van der Waals surface area contributed by atoms with Gasteiger partial charge in [0.2, 0.25) is 0 Å². The van der Waals surface area contributed by atoms with Gasteiger partial charge in [0.05, 0.1) is 23.4 Å². The number of carbonyl (C=O) groups is 2. The van der Waals surface area contributed by atoms with Crippen molar-refractivity contribution in [2.45, 2.75) is 0 Å². The number of nitrogens with zero attached hydrogens (tertiary/aromatic N) is 1. The monoisotopic (exact) mass is 373 g/mol. The van der Waals surface area contributed by atoms with Crippen LogP contribution in [0.3, 0.4) is 0 Å². The van der Waals surface area contributed by atoms with Crippen molar-refractivity contribution in [1.82, 2.24) is 0 Å². The Balaban J connectivity index is 2.18. The number of para-hydroxylation sites is 1. The van der Waals surface area contributed by atoms with Gasteiger partial charge in [-0.05, 0) is 30.3 Å². The van der Waals surface area contributed by atoms with Gasteiger partial charge >= 0.3 is 5.97 Å². The van der Waals surface area contributed by atoms with Crippen molar-refractivity contribution in [3.8, 4) is 6.07 Å². The molecule has 0 fully saturated rings. The summed E-state index contributed by atoms with van der Waals surface area (Å²) in [5.74, 6) is -1.94. The Hall–Kier alpha value is -3.37. The van der Waals surface area contributed by atoms with Crippen molar-refractivity contribution in [3.63, 3.8) is 0 Å². The standard InChI is InChI=1S/C18H13ClFN3O3/c1-26-18(25)13-4-2-3-5-16(13)23-17(24)11(9-21)10-22-12-6-7-15(20)14(19)8-12/h2-8,10,22H,1H3,(H,23,24)/b11-10-. The molecule has 2 aromatic rings. The first-order chi connectivity index (χ1) is 12.5. The predicted octanol–water partition coefficient (Wildman–Crippen LogP) is 3.72. The third-order valence-electron chi connectivity index (χ3n) is 3.25. The number of rotatable bonds is 5. The minimum absolute atomic E-state index is 0.0987. The summed E-state index contributed by atoms with van der Waals surface area (Å²) in [6.45, 7) is 0. The van der Waals surface area contributed by atoms with E-state index in [4.69, 9.17) is 11.6 Å². The zero-order valence-electron chi connectivity index (χ0n) is 13.5. The summed E-state index contributed by atoms with van der Waals surface area (Å²) < 4.78 is 17.8. The van der Waals surface area contributed by atoms with E-state index in [1.54, 1.807) is 18.2 Å². The van der Waals surface area contributed by atoms with Gasteiger partial charge in [0.1, 0.15) is 17.5 Å². The molecule has 0 saturated carbocycles. The lowest BCUT2D eigenvalue weighted by molar-refractivity contribution is -0.112. The molecule has 26 heavy (non-hydrogen) atoms. The van der Waals surface area contributed by atoms with Crippen LogP contribution in [0.2, 0.25) is 5.02 Å². The SMILES string of the molecule is COC(=O)c1ccccc1NC(=O)/C(C#N)=C\Nc1ccc(F)c(Cl)c1. The number of esters is 1.